The van der Waals surface area contributed by atoms with Gasteiger partial charge >= 0.3 is 0 Å². The first-order valence-electron chi connectivity index (χ1n) is 7.51. The van der Waals surface area contributed by atoms with E-state index in [1.165, 1.54) is 25.7 Å². The van der Waals surface area contributed by atoms with Gasteiger partial charge in [0.2, 0.25) is 0 Å². The van der Waals surface area contributed by atoms with Gasteiger partial charge in [-0.3, -0.25) is 9.48 Å². The van der Waals surface area contributed by atoms with E-state index in [1.54, 1.807) is 16.9 Å². The number of aromatic nitrogens is 2. The van der Waals surface area contributed by atoms with Gasteiger partial charge in [0.05, 0.1) is 0 Å². The number of carbonyl (C=O) groups excluding carboxylic acids is 1. The van der Waals surface area contributed by atoms with Crippen LogP contribution in [0.3, 0.4) is 0 Å². The van der Waals surface area contributed by atoms with Crippen LogP contribution >= 0.6 is 0 Å². The lowest BCUT2D eigenvalue weighted by Gasteiger charge is -2.28. The molecule has 3 rings (SSSR count). The van der Waals surface area contributed by atoms with Crippen LogP contribution in [-0.4, -0.2) is 21.7 Å². The molecule has 1 heterocycles. The standard InChI is InChI=1S/C15H23N3O/c1-3-18-14(6-7-16-18)15(19)17-10(2)13-9-11-4-5-12(13)8-11/h6-7,10-13H,3-5,8-9H2,1-2H3,(H,17,19). The minimum atomic E-state index is 0.0228. The van der Waals surface area contributed by atoms with Gasteiger partial charge in [-0.05, 0) is 56.9 Å². The number of nitrogens with one attached hydrogen (secondary N) is 1. The molecule has 2 aliphatic carbocycles. The zero-order chi connectivity index (χ0) is 13.4. The topological polar surface area (TPSA) is 46.9 Å². The molecule has 0 aliphatic heterocycles. The van der Waals surface area contributed by atoms with Gasteiger partial charge < -0.3 is 5.32 Å². The van der Waals surface area contributed by atoms with Crippen molar-refractivity contribution in [1.29, 1.82) is 0 Å². The van der Waals surface area contributed by atoms with Crippen molar-refractivity contribution in [2.45, 2.75) is 52.1 Å². The molecule has 4 atom stereocenters. The molecule has 0 saturated heterocycles. The Morgan fingerprint density at radius 3 is 3.00 bits per heavy atom. The minimum absolute atomic E-state index is 0.0228. The van der Waals surface area contributed by atoms with E-state index >= 15 is 0 Å². The summed E-state index contributed by atoms with van der Waals surface area (Å²) in [4.78, 5) is 12.3. The number of hydrogen-bond donors (Lipinski definition) is 1. The van der Waals surface area contributed by atoms with Crippen LogP contribution < -0.4 is 5.32 Å². The van der Waals surface area contributed by atoms with E-state index in [1.807, 2.05) is 6.92 Å². The van der Waals surface area contributed by atoms with Crippen molar-refractivity contribution < 1.29 is 4.79 Å². The summed E-state index contributed by atoms with van der Waals surface area (Å²) in [5.41, 5.74) is 0.678. The van der Waals surface area contributed by atoms with Crippen molar-refractivity contribution in [3.05, 3.63) is 18.0 Å². The minimum Gasteiger partial charge on any atom is -0.348 e. The molecule has 104 valence electrons. The van der Waals surface area contributed by atoms with Crippen LogP contribution in [0.5, 0.6) is 0 Å². The molecule has 2 saturated carbocycles. The third-order valence-corrected chi connectivity index (χ3v) is 5.04. The molecule has 2 bridgehead atoms. The van der Waals surface area contributed by atoms with Crippen molar-refractivity contribution in [2.75, 3.05) is 0 Å². The number of amides is 1. The molecular weight excluding hydrogens is 238 g/mol. The van der Waals surface area contributed by atoms with Gasteiger partial charge in [-0.25, -0.2) is 0 Å². The number of rotatable bonds is 4. The smallest absolute Gasteiger partial charge is 0.269 e. The third kappa shape index (κ3) is 2.28. The molecule has 4 heteroatoms. The van der Waals surface area contributed by atoms with Gasteiger partial charge in [0, 0.05) is 18.8 Å². The molecule has 0 spiro atoms. The largest absolute Gasteiger partial charge is 0.348 e. The van der Waals surface area contributed by atoms with Crippen molar-refractivity contribution in [3.63, 3.8) is 0 Å². The van der Waals surface area contributed by atoms with Crippen molar-refractivity contribution in [1.82, 2.24) is 15.1 Å². The van der Waals surface area contributed by atoms with Crippen LogP contribution in [0.25, 0.3) is 0 Å². The lowest BCUT2D eigenvalue weighted by molar-refractivity contribution is 0.0904. The SMILES string of the molecule is CCn1nccc1C(=O)NC(C)C1CC2CCC1C2. The molecule has 1 aromatic rings. The van der Waals surface area contributed by atoms with E-state index in [4.69, 9.17) is 0 Å². The van der Waals surface area contributed by atoms with Gasteiger partial charge in [0.1, 0.15) is 5.69 Å². The summed E-state index contributed by atoms with van der Waals surface area (Å²) in [6.45, 7) is 4.90. The zero-order valence-corrected chi connectivity index (χ0v) is 11.8. The van der Waals surface area contributed by atoms with E-state index in [-0.39, 0.29) is 11.9 Å². The summed E-state index contributed by atoms with van der Waals surface area (Å²) in [6, 6.07) is 2.08. The number of aryl methyl sites for hydroxylation is 1. The quantitative estimate of drug-likeness (QED) is 0.905. The normalized spacial score (nSPS) is 30.5. The number of hydrogen-bond acceptors (Lipinski definition) is 2. The van der Waals surface area contributed by atoms with Crippen LogP contribution in [0.2, 0.25) is 0 Å². The first-order chi connectivity index (χ1) is 9.19. The summed E-state index contributed by atoms with van der Waals surface area (Å²) in [7, 11) is 0. The first-order valence-corrected chi connectivity index (χ1v) is 7.51. The molecule has 2 aliphatic rings. The number of carbonyl (C=O) groups is 1. The second kappa shape index (κ2) is 4.99. The Morgan fingerprint density at radius 2 is 2.37 bits per heavy atom. The molecule has 1 aromatic heterocycles. The van der Waals surface area contributed by atoms with E-state index in [0.717, 1.165) is 18.4 Å². The second-order valence-corrected chi connectivity index (χ2v) is 6.13. The average Bonchev–Trinajstić information content (AvgIpc) is 3.13. The van der Waals surface area contributed by atoms with Crippen LogP contribution in [0.1, 0.15) is 50.0 Å². The highest BCUT2D eigenvalue weighted by Crippen LogP contribution is 2.49. The van der Waals surface area contributed by atoms with E-state index in [2.05, 4.69) is 17.3 Å². The molecule has 0 aromatic carbocycles. The lowest BCUT2D eigenvalue weighted by Crippen LogP contribution is -2.40. The van der Waals surface area contributed by atoms with Crippen molar-refractivity contribution in [2.24, 2.45) is 17.8 Å². The maximum Gasteiger partial charge on any atom is 0.269 e. The lowest BCUT2D eigenvalue weighted by atomic mass is 9.84. The second-order valence-electron chi connectivity index (χ2n) is 6.13. The van der Waals surface area contributed by atoms with Crippen molar-refractivity contribution in [3.8, 4) is 0 Å². The van der Waals surface area contributed by atoms with Crippen LogP contribution in [-0.2, 0) is 6.54 Å². The predicted molar refractivity (Wildman–Crippen MR) is 73.8 cm³/mol. The van der Waals surface area contributed by atoms with Gasteiger partial charge in [-0.15, -0.1) is 0 Å². The fraction of sp³-hybridized carbons (Fsp3) is 0.733. The summed E-state index contributed by atoms with van der Waals surface area (Å²) in [5, 5.41) is 7.34. The molecule has 2 fully saturated rings. The molecular formula is C15H23N3O. The Hall–Kier alpha value is -1.32. The Balaban J connectivity index is 1.63. The third-order valence-electron chi connectivity index (χ3n) is 5.04. The molecule has 1 amide bonds. The fourth-order valence-electron chi connectivity index (χ4n) is 4.07. The van der Waals surface area contributed by atoms with E-state index in [9.17, 15) is 4.79 Å². The number of fused-ring (bicyclic) bond motifs is 2. The van der Waals surface area contributed by atoms with Gasteiger partial charge in [-0.1, -0.05) is 6.42 Å². The Morgan fingerprint density at radius 1 is 1.53 bits per heavy atom. The summed E-state index contributed by atoms with van der Waals surface area (Å²) in [5.74, 6) is 2.47. The highest BCUT2D eigenvalue weighted by molar-refractivity contribution is 5.92. The predicted octanol–water partition coefficient (Wildman–Crippen LogP) is 2.46. The van der Waals surface area contributed by atoms with Crippen LogP contribution in [0, 0.1) is 17.8 Å². The Kier molecular flexibility index (Phi) is 3.33. The average molecular weight is 261 g/mol. The monoisotopic (exact) mass is 261 g/mol. The first kappa shape index (κ1) is 12.7. The van der Waals surface area contributed by atoms with Gasteiger partial charge in [0.25, 0.3) is 5.91 Å². The highest BCUT2D eigenvalue weighted by atomic mass is 16.2. The van der Waals surface area contributed by atoms with E-state index in [0.29, 0.717) is 11.6 Å². The zero-order valence-electron chi connectivity index (χ0n) is 11.8. The van der Waals surface area contributed by atoms with Gasteiger partial charge in [0.15, 0.2) is 0 Å². The molecule has 4 unspecified atom stereocenters. The fourth-order valence-corrected chi connectivity index (χ4v) is 4.07. The molecule has 1 N–H and O–H groups in total. The Labute approximate surface area is 114 Å². The van der Waals surface area contributed by atoms with E-state index < -0.39 is 0 Å². The highest BCUT2D eigenvalue weighted by Gasteiger charge is 2.42. The maximum atomic E-state index is 12.3. The van der Waals surface area contributed by atoms with Gasteiger partial charge in [-0.2, -0.15) is 5.10 Å². The maximum absolute atomic E-state index is 12.3. The summed E-state index contributed by atoms with van der Waals surface area (Å²) in [6.07, 6.45) is 7.16. The van der Waals surface area contributed by atoms with Crippen LogP contribution in [0.4, 0.5) is 0 Å². The molecule has 4 nitrogen and oxygen atoms in total. The molecule has 19 heavy (non-hydrogen) atoms. The Bertz CT molecular complexity index is 468. The van der Waals surface area contributed by atoms with Crippen LogP contribution in [0.15, 0.2) is 12.3 Å². The van der Waals surface area contributed by atoms with Crippen molar-refractivity contribution >= 4 is 5.91 Å². The summed E-state index contributed by atoms with van der Waals surface area (Å²) < 4.78 is 1.75. The number of nitrogens with zero attached hydrogens (tertiary/aromatic N) is 2. The summed E-state index contributed by atoms with van der Waals surface area (Å²) >= 11 is 0. The molecule has 0 radical (unpaired) electrons.